The topological polar surface area (TPSA) is 29.1 Å². The second-order valence-electron chi connectivity index (χ2n) is 4.86. The van der Waals surface area contributed by atoms with Crippen molar-refractivity contribution in [3.05, 3.63) is 12.2 Å². The zero-order chi connectivity index (χ0) is 10.7. The molecule has 0 unspecified atom stereocenters. The normalized spacial score (nSPS) is 13.4. The third kappa shape index (κ3) is 3.62. The molecular formula is C11H21NO. The molecule has 76 valence electrons. The average molecular weight is 183 g/mol. The molecule has 13 heavy (non-hydrogen) atoms. The van der Waals surface area contributed by atoms with E-state index in [2.05, 4.69) is 26.1 Å². The summed E-state index contributed by atoms with van der Waals surface area (Å²) in [5.41, 5.74) is -0.131. The first-order valence-electron chi connectivity index (χ1n) is 4.65. The third-order valence-corrected chi connectivity index (χ3v) is 2.63. The first-order chi connectivity index (χ1) is 5.70. The van der Waals surface area contributed by atoms with Crippen LogP contribution in [0.3, 0.4) is 0 Å². The van der Waals surface area contributed by atoms with Crippen LogP contribution in [0.25, 0.3) is 0 Å². The largest absolute Gasteiger partial charge is 0.347 e. The van der Waals surface area contributed by atoms with Crippen LogP contribution in [0, 0.1) is 5.41 Å². The maximum Gasteiger partial charge on any atom is 0.244 e. The Kier molecular flexibility index (Phi) is 3.71. The minimum Gasteiger partial charge on any atom is -0.347 e. The van der Waals surface area contributed by atoms with Crippen LogP contribution in [-0.2, 0) is 4.79 Å². The van der Waals surface area contributed by atoms with E-state index in [9.17, 15) is 4.79 Å². The van der Waals surface area contributed by atoms with Crippen molar-refractivity contribution in [2.45, 2.75) is 47.1 Å². The smallest absolute Gasteiger partial charge is 0.244 e. The van der Waals surface area contributed by atoms with E-state index in [0.29, 0.717) is 0 Å². The standard InChI is InChI=1S/C11H21NO/c1-7-8-9(13)12-11(5,6)10(2,3)4/h7-8H,1-6H3,(H,12,13). The van der Waals surface area contributed by atoms with E-state index in [4.69, 9.17) is 0 Å². The van der Waals surface area contributed by atoms with Gasteiger partial charge in [0.05, 0.1) is 0 Å². The summed E-state index contributed by atoms with van der Waals surface area (Å²) in [4.78, 5) is 11.3. The number of allylic oxidation sites excluding steroid dienone is 1. The molecule has 0 saturated heterocycles. The molecule has 0 radical (unpaired) electrons. The monoisotopic (exact) mass is 183 g/mol. The molecule has 0 aromatic carbocycles. The van der Waals surface area contributed by atoms with Crippen molar-refractivity contribution >= 4 is 5.91 Å². The lowest BCUT2D eigenvalue weighted by atomic mass is 9.76. The molecule has 0 bridgehead atoms. The first kappa shape index (κ1) is 12.2. The van der Waals surface area contributed by atoms with Gasteiger partial charge in [0.1, 0.15) is 0 Å². The van der Waals surface area contributed by atoms with Crippen molar-refractivity contribution in [1.82, 2.24) is 5.32 Å². The molecule has 0 aliphatic heterocycles. The van der Waals surface area contributed by atoms with Crippen LogP contribution < -0.4 is 5.32 Å². The van der Waals surface area contributed by atoms with Crippen LogP contribution in [0.2, 0.25) is 0 Å². The van der Waals surface area contributed by atoms with Crippen molar-refractivity contribution in [3.8, 4) is 0 Å². The van der Waals surface area contributed by atoms with Gasteiger partial charge in [-0.1, -0.05) is 26.8 Å². The molecule has 0 aromatic rings. The molecule has 0 heterocycles. The van der Waals surface area contributed by atoms with Crippen LogP contribution in [-0.4, -0.2) is 11.4 Å². The minimum atomic E-state index is -0.191. The highest BCUT2D eigenvalue weighted by molar-refractivity contribution is 5.88. The second kappa shape index (κ2) is 3.95. The van der Waals surface area contributed by atoms with Crippen molar-refractivity contribution < 1.29 is 4.79 Å². The lowest BCUT2D eigenvalue weighted by Gasteiger charge is -2.39. The predicted molar refractivity (Wildman–Crippen MR) is 56.5 cm³/mol. The highest BCUT2D eigenvalue weighted by Gasteiger charge is 2.33. The Hall–Kier alpha value is -0.790. The summed E-state index contributed by atoms with van der Waals surface area (Å²) in [5.74, 6) is -0.0255. The number of carbonyl (C=O) groups excluding carboxylic acids is 1. The molecule has 0 aromatic heterocycles. The number of hydrogen-bond acceptors (Lipinski definition) is 1. The first-order valence-corrected chi connectivity index (χ1v) is 4.65. The van der Waals surface area contributed by atoms with E-state index in [0.717, 1.165) is 0 Å². The van der Waals surface area contributed by atoms with Gasteiger partial charge >= 0.3 is 0 Å². The number of carbonyl (C=O) groups is 1. The zero-order valence-corrected chi connectivity index (χ0v) is 9.56. The van der Waals surface area contributed by atoms with Crippen LogP contribution in [0.15, 0.2) is 12.2 Å². The van der Waals surface area contributed by atoms with Crippen molar-refractivity contribution in [1.29, 1.82) is 0 Å². The van der Waals surface area contributed by atoms with Crippen LogP contribution in [0.1, 0.15) is 41.5 Å². The summed E-state index contributed by atoms with van der Waals surface area (Å²) in [5, 5.41) is 2.97. The highest BCUT2D eigenvalue weighted by atomic mass is 16.1. The van der Waals surface area contributed by atoms with Gasteiger partial charge in [-0.15, -0.1) is 0 Å². The Labute approximate surface area is 81.4 Å². The van der Waals surface area contributed by atoms with E-state index in [1.165, 1.54) is 0 Å². The molecule has 0 spiro atoms. The van der Waals surface area contributed by atoms with Gasteiger partial charge in [-0.3, -0.25) is 4.79 Å². The third-order valence-electron chi connectivity index (χ3n) is 2.63. The van der Waals surface area contributed by atoms with Gasteiger partial charge in [-0.05, 0) is 32.3 Å². The second-order valence-corrected chi connectivity index (χ2v) is 4.86. The fraction of sp³-hybridized carbons (Fsp3) is 0.727. The Morgan fingerprint density at radius 2 is 1.62 bits per heavy atom. The maximum absolute atomic E-state index is 11.3. The van der Waals surface area contributed by atoms with E-state index in [1.807, 2.05) is 20.8 Å². The lowest BCUT2D eigenvalue weighted by molar-refractivity contribution is -0.119. The van der Waals surface area contributed by atoms with Crippen molar-refractivity contribution in [3.63, 3.8) is 0 Å². The van der Waals surface area contributed by atoms with Gasteiger partial charge in [-0.25, -0.2) is 0 Å². The zero-order valence-electron chi connectivity index (χ0n) is 9.56. The summed E-state index contributed by atoms with van der Waals surface area (Å²) >= 11 is 0. The minimum absolute atomic E-state index is 0.0255. The molecule has 0 aliphatic carbocycles. The van der Waals surface area contributed by atoms with Crippen LogP contribution >= 0.6 is 0 Å². The molecule has 1 N–H and O–H groups in total. The maximum atomic E-state index is 11.3. The van der Waals surface area contributed by atoms with E-state index >= 15 is 0 Å². The molecule has 0 atom stereocenters. The summed E-state index contributed by atoms with van der Waals surface area (Å²) < 4.78 is 0. The number of hydrogen-bond donors (Lipinski definition) is 1. The van der Waals surface area contributed by atoms with Crippen molar-refractivity contribution in [2.24, 2.45) is 5.41 Å². The van der Waals surface area contributed by atoms with Crippen LogP contribution in [0.5, 0.6) is 0 Å². The van der Waals surface area contributed by atoms with E-state index in [-0.39, 0.29) is 16.9 Å². The molecule has 0 saturated carbocycles. The van der Waals surface area contributed by atoms with E-state index < -0.39 is 0 Å². The Bertz CT molecular complexity index is 209. The lowest BCUT2D eigenvalue weighted by Crippen LogP contribution is -2.52. The SMILES string of the molecule is CC=CC(=O)NC(C)(C)C(C)(C)C. The van der Waals surface area contributed by atoms with Crippen LogP contribution in [0.4, 0.5) is 0 Å². The Morgan fingerprint density at radius 1 is 1.15 bits per heavy atom. The summed E-state index contributed by atoms with van der Waals surface area (Å²) in [7, 11) is 0. The molecule has 0 rings (SSSR count). The van der Waals surface area contributed by atoms with E-state index in [1.54, 1.807) is 12.2 Å². The summed E-state index contributed by atoms with van der Waals surface area (Å²) in [6, 6.07) is 0. The molecular weight excluding hydrogens is 162 g/mol. The predicted octanol–water partition coefficient (Wildman–Crippen LogP) is 2.50. The Morgan fingerprint density at radius 3 is 1.92 bits per heavy atom. The molecule has 1 amide bonds. The summed E-state index contributed by atoms with van der Waals surface area (Å²) in [6.07, 6.45) is 3.29. The molecule has 2 nitrogen and oxygen atoms in total. The number of nitrogens with one attached hydrogen (secondary N) is 1. The fourth-order valence-electron chi connectivity index (χ4n) is 0.689. The van der Waals surface area contributed by atoms with Gasteiger partial charge in [0, 0.05) is 5.54 Å². The van der Waals surface area contributed by atoms with Gasteiger partial charge in [0.25, 0.3) is 0 Å². The highest BCUT2D eigenvalue weighted by Crippen LogP contribution is 2.29. The quantitative estimate of drug-likeness (QED) is 0.655. The van der Waals surface area contributed by atoms with Gasteiger partial charge in [0.2, 0.25) is 5.91 Å². The molecule has 0 aliphatic rings. The number of rotatable bonds is 2. The summed E-state index contributed by atoms with van der Waals surface area (Å²) in [6.45, 7) is 12.3. The average Bonchev–Trinajstić information content (AvgIpc) is 1.83. The van der Waals surface area contributed by atoms with Gasteiger partial charge in [0.15, 0.2) is 0 Å². The fourth-order valence-corrected chi connectivity index (χ4v) is 0.689. The number of amides is 1. The Balaban J connectivity index is 4.43. The molecule has 0 fully saturated rings. The van der Waals surface area contributed by atoms with Crippen molar-refractivity contribution in [2.75, 3.05) is 0 Å². The van der Waals surface area contributed by atoms with Gasteiger partial charge in [-0.2, -0.15) is 0 Å². The molecule has 2 heteroatoms. The van der Waals surface area contributed by atoms with Gasteiger partial charge < -0.3 is 5.32 Å².